The van der Waals surface area contributed by atoms with Crippen LogP contribution in [0.5, 0.6) is 5.75 Å². The van der Waals surface area contributed by atoms with Crippen molar-refractivity contribution in [2.45, 2.75) is 6.61 Å². The number of hydrogen-bond acceptors (Lipinski definition) is 3. The van der Waals surface area contributed by atoms with Gasteiger partial charge in [0.25, 0.3) is 0 Å². The molecular weight excluding hydrogens is 311 g/mol. The van der Waals surface area contributed by atoms with Crippen LogP contribution in [0.2, 0.25) is 0 Å². The van der Waals surface area contributed by atoms with Gasteiger partial charge in [0.05, 0.1) is 16.1 Å². The molecule has 19 heavy (non-hydrogen) atoms. The summed E-state index contributed by atoms with van der Waals surface area (Å²) >= 11 is 3.31. The van der Waals surface area contributed by atoms with Crippen LogP contribution in [-0.2, 0) is 6.61 Å². The highest BCUT2D eigenvalue weighted by molar-refractivity contribution is 9.10. The van der Waals surface area contributed by atoms with E-state index < -0.39 is 5.82 Å². The van der Waals surface area contributed by atoms with E-state index in [9.17, 15) is 4.39 Å². The molecule has 0 aromatic heterocycles. The molecule has 0 amide bonds. The Morgan fingerprint density at radius 1 is 1.32 bits per heavy atom. The highest BCUT2D eigenvalue weighted by Crippen LogP contribution is 2.31. The molecule has 0 spiro atoms. The van der Waals surface area contributed by atoms with Gasteiger partial charge in [0, 0.05) is 11.3 Å². The summed E-state index contributed by atoms with van der Waals surface area (Å²) in [4.78, 5) is 0. The zero-order valence-corrected chi connectivity index (χ0v) is 11.4. The highest BCUT2D eigenvalue weighted by atomic mass is 79.9. The summed E-state index contributed by atoms with van der Waals surface area (Å²) < 4.78 is 19.4. The maximum Gasteiger partial charge on any atom is 0.136 e. The van der Waals surface area contributed by atoms with Crippen molar-refractivity contribution >= 4 is 21.6 Å². The Hall–Kier alpha value is -2.06. The number of rotatable bonds is 3. The van der Waals surface area contributed by atoms with Crippen molar-refractivity contribution < 1.29 is 9.13 Å². The summed E-state index contributed by atoms with van der Waals surface area (Å²) in [6, 6.07) is 11.2. The summed E-state index contributed by atoms with van der Waals surface area (Å²) in [5, 5.41) is 8.95. The smallest absolute Gasteiger partial charge is 0.136 e. The third-order valence-electron chi connectivity index (χ3n) is 2.56. The van der Waals surface area contributed by atoms with Gasteiger partial charge in [0.1, 0.15) is 18.2 Å². The molecular formula is C14H10BrFN2O. The Bertz CT molecular complexity index is 652. The normalized spacial score (nSPS) is 9.95. The molecule has 0 aliphatic carbocycles. The third kappa shape index (κ3) is 3.04. The molecule has 0 heterocycles. The first-order chi connectivity index (χ1) is 9.11. The predicted molar refractivity (Wildman–Crippen MR) is 74.0 cm³/mol. The fourth-order valence-electron chi connectivity index (χ4n) is 1.59. The van der Waals surface area contributed by atoms with Crippen LogP contribution in [0.25, 0.3) is 0 Å². The molecule has 0 atom stereocenters. The molecule has 0 saturated heterocycles. The first-order valence-electron chi connectivity index (χ1n) is 5.47. The van der Waals surface area contributed by atoms with Crippen molar-refractivity contribution in [2.24, 2.45) is 0 Å². The fraction of sp³-hybridized carbons (Fsp3) is 0.0714. The molecule has 2 rings (SSSR count). The molecule has 2 aromatic rings. The fourth-order valence-corrected chi connectivity index (χ4v) is 1.96. The van der Waals surface area contributed by atoms with Gasteiger partial charge >= 0.3 is 0 Å². The number of benzene rings is 2. The van der Waals surface area contributed by atoms with Gasteiger partial charge in [-0.3, -0.25) is 0 Å². The van der Waals surface area contributed by atoms with Crippen molar-refractivity contribution in [3.63, 3.8) is 0 Å². The van der Waals surface area contributed by atoms with Gasteiger partial charge in [-0.1, -0.05) is 6.07 Å². The number of nitrogens with zero attached hydrogens (tertiary/aromatic N) is 1. The van der Waals surface area contributed by atoms with Crippen LogP contribution in [0.4, 0.5) is 10.1 Å². The number of nitriles is 1. The zero-order valence-electron chi connectivity index (χ0n) is 9.86. The van der Waals surface area contributed by atoms with E-state index in [1.807, 2.05) is 6.07 Å². The molecule has 96 valence electrons. The number of ether oxygens (including phenoxy) is 1. The second-order valence-corrected chi connectivity index (χ2v) is 4.65. The highest BCUT2D eigenvalue weighted by Gasteiger charge is 2.08. The average Bonchev–Trinajstić information content (AvgIpc) is 2.40. The SMILES string of the molecule is N#Cc1ccc(F)cc1COc1cccc(N)c1Br. The number of halogens is 2. The van der Waals surface area contributed by atoms with Gasteiger partial charge in [-0.05, 0) is 46.3 Å². The summed E-state index contributed by atoms with van der Waals surface area (Å²) in [7, 11) is 0. The Balaban J connectivity index is 2.21. The van der Waals surface area contributed by atoms with Gasteiger partial charge in [0.15, 0.2) is 0 Å². The molecule has 0 saturated carbocycles. The van der Waals surface area contributed by atoms with Gasteiger partial charge in [-0.15, -0.1) is 0 Å². The van der Waals surface area contributed by atoms with Gasteiger partial charge in [-0.25, -0.2) is 4.39 Å². The van der Waals surface area contributed by atoms with E-state index in [1.165, 1.54) is 18.2 Å². The number of nitrogens with two attached hydrogens (primary N) is 1. The molecule has 0 unspecified atom stereocenters. The quantitative estimate of drug-likeness (QED) is 0.879. The summed E-state index contributed by atoms with van der Waals surface area (Å²) in [5.41, 5.74) is 7.17. The van der Waals surface area contributed by atoms with E-state index in [0.29, 0.717) is 27.0 Å². The second kappa shape index (κ2) is 5.72. The first-order valence-corrected chi connectivity index (χ1v) is 6.26. The minimum Gasteiger partial charge on any atom is -0.488 e. The van der Waals surface area contributed by atoms with Crippen LogP contribution in [-0.4, -0.2) is 0 Å². The second-order valence-electron chi connectivity index (χ2n) is 3.86. The minimum atomic E-state index is -0.399. The van der Waals surface area contributed by atoms with Gasteiger partial charge in [-0.2, -0.15) is 5.26 Å². The largest absolute Gasteiger partial charge is 0.488 e. The molecule has 0 bridgehead atoms. The van der Waals surface area contributed by atoms with Crippen LogP contribution in [0.1, 0.15) is 11.1 Å². The van der Waals surface area contributed by atoms with E-state index in [0.717, 1.165) is 0 Å². The summed E-state index contributed by atoms with van der Waals surface area (Å²) in [5.74, 6) is 0.150. The molecule has 2 N–H and O–H groups in total. The third-order valence-corrected chi connectivity index (χ3v) is 3.41. The predicted octanol–water partition coefficient (Wildman–Crippen LogP) is 3.62. The van der Waals surface area contributed by atoms with Crippen molar-refractivity contribution in [2.75, 3.05) is 5.73 Å². The molecule has 0 radical (unpaired) electrons. The van der Waals surface area contributed by atoms with E-state index in [1.54, 1.807) is 18.2 Å². The maximum absolute atomic E-state index is 13.2. The van der Waals surface area contributed by atoms with E-state index in [2.05, 4.69) is 15.9 Å². The average molecular weight is 321 g/mol. The summed E-state index contributed by atoms with van der Waals surface area (Å²) in [6.45, 7) is 0.0999. The molecule has 0 aliphatic rings. The minimum absolute atomic E-state index is 0.0999. The van der Waals surface area contributed by atoms with Crippen molar-refractivity contribution in [1.29, 1.82) is 5.26 Å². The van der Waals surface area contributed by atoms with Crippen molar-refractivity contribution in [3.05, 3.63) is 57.8 Å². The first kappa shape index (κ1) is 13.4. The lowest BCUT2D eigenvalue weighted by atomic mass is 10.1. The van der Waals surface area contributed by atoms with Crippen LogP contribution >= 0.6 is 15.9 Å². The van der Waals surface area contributed by atoms with E-state index in [-0.39, 0.29) is 6.61 Å². The number of anilines is 1. The maximum atomic E-state index is 13.2. The standard InChI is InChI=1S/C14H10BrFN2O/c15-14-12(18)2-1-3-13(14)19-8-10-6-11(16)5-4-9(10)7-17/h1-6H,8,18H2. The molecule has 2 aromatic carbocycles. The molecule has 3 nitrogen and oxygen atoms in total. The van der Waals surface area contributed by atoms with Crippen LogP contribution in [0.15, 0.2) is 40.9 Å². The van der Waals surface area contributed by atoms with Crippen LogP contribution in [0.3, 0.4) is 0 Å². The number of nitrogen functional groups attached to an aromatic ring is 1. The summed E-state index contributed by atoms with van der Waals surface area (Å²) in [6.07, 6.45) is 0. The Labute approximate surface area is 118 Å². The Morgan fingerprint density at radius 2 is 2.11 bits per heavy atom. The molecule has 0 aliphatic heterocycles. The van der Waals surface area contributed by atoms with Crippen molar-refractivity contribution in [3.8, 4) is 11.8 Å². The molecule has 0 fully saturated rings. The van der Waals surface area contributed by atoms with Gasteiger partial charge < -0.3 is 10.5 Å². The Morgan fingerprint density at radius 3 is 2.84 bits per heavy atom. The Kier molecular flexibility index (Phi) is 4.03. The van der Waals surface area contributed by atoms with Gasteiger partial charge in [0.2, 0.25) is 0 Å². The lowest BCUT2D eigenvalue weighted by Gasteiger charge is -2.10. The van der Waals surface area contributed by atoms with Crippen LogP contribution < -0.4 is 10.5 Å². The lowest BCUT2D eigenvalue weighted by Crippen LogP contribution is -2.00. The van der Waals surface area contributed by atoms with E-state index >= 15 is 0 Å². The van der Waals surface area contributed by atoms with Crippen molar-refractivity contribution in [1.82, 2.24) is 0 Å². The number of hydrogen-bond donors (Lipinski definition) is 1. The topological polar surface area (TPSA) is 59.0 Å². The van der Waals surface area contributed by atoms with Crippen LogP contribution in [0, 0.1) is 17.1 Å². The van der Waals surface area contributed by atoms with E-state index in [4.69, 9.17) is 15.7 Å². The molecule has 5 heteroatoms. The zero-order chi connectivity index (χ0) is 13.8. The monoisotopic (exact) mass is 320 g/mol. The lowest BCUT2D eigenvalue weighted by molar-refractivity contribution is 0.303.